The van der Waals surface area contributed by atoms with Crippen LogP contribution in [0.1, 0.15) is 46.5 Å². The third kappa shape index (κ3) is 7.47. The lowest BCUT2D eigenvalue weighted by Crippen LogP contribution is -2.58. The van der Waals surface area contributed by atoms with Crippen molar-refractivity contribution >= 4 is 29.6 Å². The van der Waals surface area contributed by atoms with E-state index in [1.165, 1.54) is 11.8 Å². The molecule has 1 heterocycles. The van der Waals surface area contributed by atoms with E-state index >= 15 is 0 Å². The van der Waals surface area contributed by atoms with Crippen LogP contribution in [0.2, 0.25) is 0 Å². The van der Waals surface area contributed by atoms with Crippen molar-refractivity contribution in [2.24, 2.45) is 17.4 Å². The second-order valence-electron chi connectivity index (χ2n) is 8.09. The molecule has 0 spiro atoms. The molecule has 0 aromatic carbocycles. The molecule has 0 aromatic rings. The number of nitrogens with two attached hydrogens (primary N) is 2. The molecule has 12 nitrogen and oxygen atoms in total. The molecule has 5 unspecified atom stereocenters. The molecule has 0 saturated carbocycles. The van der Waals surface area contributed by atoms with Gasteiger partial charge in [-0.25, -0.2) is 4.79 Å². The Hall–Kier alpha value is -2.73. The minimum absolute atomic E-state index is 0.134. The van der Waals surface area contributed by atoms with Crippen LogP contribution >= 0.6 is 0 Å². The second-order valence-corrected chi connectivity index (χ2v) is 8.09. The van der Waals surface area contributed by atoms with Crippen LogP contribution in [0.3, 0.4) is 0 Å². The Kier molecular flexibility index (Phi) is 9.85. The molecule has 0 aromatic heterocycles. The number of aliphatic hydroxyl groups is 1. The topological polar surface area (TPSA) is 205 Å². The fourth-order valence-corrected chi connectivity index (χ4v) is 3.29. The summed E-state index contributed by atoms with van der Waals surface area (Å²) in [5.74, 6) is -4.33. The standard InChI is InChI=1S/C19H33N5O7/c1-9(2)15(19(30)31)23-16(27)11(6-7-13(20)26)22-17(28)12-5-4-8-24(12)18(29)14(21)10(3)25/h9-12,14-15,25H,4-8,21H2,1-3H3,(H2,20,26)(H,22,28)(H,23,27)(H,30,31). The third-order valence-electron chi connectivity index (χ3n) is 5.19. The first-order valence-electron chi connectivity index (χ1n) is 10.2. The molecule has 12 heteroatoms. The summed E-state index contributed by atoms with van der Waals surface area (Å²) in [4.78, 5) is 61.8. The van der Waals surface area contributed by atoms with Gasteiger partial charge in [0.05, 0.1) is 6.10 Å². The first-order valence-corrected chi connectivity index (χ1v) is 10.2. The lowest BCUT2D eigenvalue weighted by molar-refractivity contribution is -0.144. The van der Waals surface area contributed by atoms with E-state index in [2.05, 4.69) is 10.6 Å². The minimum atomic E-state index is -1.23. The van der Waals surface area contributed by atoms with Gasteiger partial charge in [-0.05, 0) is 32.1 Å². The molecule has 1 fully saturated rings. The zero-order valence-electron chi connectivity index (χ0n) is 18.0. The molecular weight excluding hydrogens is 410 g/mol. The van der Waals surface area contributed by atoms with Crippen LogP contribution in [0, 0.1) is 5.92 Å². The number of nitrogens with one attached hydrogen (secondary N) is 2. The van der Waals surface area contributed by atoms with E-state index in [0.717, 1.165) is 0 Å². The van der Waals surface area contributed by atoms with Crippen LogP contribution in [0.15, 0.2) is 0 Å². The Morgan fingerprint density at radius 2 is 1.74 bits per heavy atom. The van der Waals surface area contributed by atoms with Gasteiger partial charge in [-0.15, -0.1) is 0 Å². The second kappa shape index (κ2) is 11.6. The van der Waals surface area contributed by atoms with E-state index in [0.29, 0.717) is 12.8 Å². The lowest BCUT2D eigenvalue weighted by atomic mass is 10.0. The zero-order chi connectivity index (χ0) is 23.9. The highest BCUT2D eigenvalue weighted by molar-refractivity contribution is 5.94. The van der Waals surface area contributed by atoms with E-state index < -0.39 is 65.8 Å². The Labute approximate surface area is 180 Å². The van der Waals surface area contributed by atoms with Crippen molar-refractivity contribution in [3.63, 3.8) is 0 Å². The summed E-state index contributed by atoms with van der Waals surface area (Å²) in [6.45, 7) is 4.86. The number of carbonyl (C=O) groups excluding carboxylic acids is 4. The zero-order valence-corrected chi connectivity index (χ0v) is 18.0. The van der Waals surface area contributed by atoms with Crippen molar-refractivity contribution in [3.8, 4) is 0 Å². The van der Waals surface area contributed by atoms with Crippen molar-refractivity contribution < 1.29 is 34.2 Å². The Morgan fingerprint density at radius 1 is 1.13 bits per heavy atom. The molecule has 1 rings (SSSR count). The first kappa shape index (κ1) is 26.3. The van der Waals surface area contributed by atoms with Gasteiger partial charge < -0.3 is 37.2 Å². The monoisotopic (exact) mass is 443 g/mol. The average molecular weight is 444 g/mol. The van der Waals surface area contributed by atoms with Crippen LogP contribution in [-0.4, -0.2) is 81.5 Å². The number of aliphatic hydroxyl groups excluding tert-OH is 1. The van der Waals surface area contributed by atoms with Crippen LogP contribution in [-0.2, 0) is 24.0 Å². The van der Waals surface area contributed by atoms with Crippen LogP contribution in [0.4, 0.5) is 0 Å². The molecule has 0 radical (unpaired) electrons. The smallest absolute Gasteiger partial charge is 0.326 e. The van der Waals surface area contributed by atoms with E-state index in [9.17, 15) is 34.2 Å². The summed E-state index contributed by atoms with van der Waals surface area (Å²) in [5.41, 5.74) is 10.8. The predicted octanol–water partition coefficient (Wildman–Crippen LogP) is -2.34. The number of nitrogens with zero attached hydrogens (tertiary/aromatic N) is 1. The van der Waals surface area contributed by atoms with Crippen molar-refractivity contribution in [2.45, 2.75) is 76.7 Å². The molecular formula is C19H33N5O7. The number of carboxylic acid groups (broad SMARTS) is 1. The van der Waals surface area contributed by atoms with Crippen LogP contribution < -0.4 is 22.1 Å². The van der Waals surface area contributed by atoms with Gasteiger partial charge in [0.2, 0.25) is 23.6 Å². The van der Waals surface area contributed by atoms with Crippen LogP contribution in [0.5, 0.6) is 0 Å². The number of hydrogen-bond donors (Lipinski definition) is 6. The molecule has 0 aliphatic carbocycles. The normalized spacial score (nSPS) is 19.9. The maximum atomic E-state index is 12.8. The highest BCUT2D eigenvalue weighted by Crippen LogP contribution is 2.19. The maximum Gasteiger partial charge on any atom is 0.326 e. The van der Waals surface area contributed by atoms with E-state index in [-0.39, 0.29) is 19.4 Å². The van der Waals surface area contributed by atoms with Gasteiger partial charge in [-0.2, -0.15) is 0 Å². The van der Waals surface area contributed by atoms with Crippen molar-refractivity contribution in [1.82, 2.24) is 15.5 Å². The van der Waals surface area contributed by atoms with Gasteiger partial charge in [-0.3, -0.25) is 19.2 Å². The highest BCUT2D eigenvalue weighted by Gasteiger charge is 2.39. The number of hydrogen-bond acceptors (Lipinski definition) is 7. The van der Waals surface area contributed by atoms with Gasteiger partial charge in [0.1, 0.15) is 24.2 Å². The molecule has 1 aliphatic rings. The average Bonchev–Trinajstić information content (AvgIpc) is 3.16. The largest absolute Gasteiger partial charge is 0.480 e. The van der Waals surface area contributed by atoms with E-state index in [4.69, 9.17) is 11.5 Å². The van der Waals surface area contributed by atoms with Gasteiger partial charge in [0, 0.05) is 13.0 Å². The number of likely N-dealkylation sites (tertiary alicyclic amines) is 1. The van der Waals surface area contributed by atoms with Gasteiger partial charge in [0.25, 0.3) is 0 Å². The Morgan fingerprint density at radius 3 is 2.23 bits per heavy atom. The fourth-order valence-electron chi connectivity index (χ4n) is 3.29. The number of aliphatic carboxylic acids is 1. The summed E-state index contributed by atoms with van der Waals surface area (Å²) in [7, 11) is 0. The molecule has 1 aliphatic heterocycles. The van der Waals surface area contributed by atoms with E-state index in [1.807, 2.05) is 0 Å². The summed E-state index contributed by atoms with van der Waals surface area (Å²) in [6, 6.07) is -4.50. The number of carbonyl (C=O) groups is 5. The molecule has 31 heavy (non-hydrogen) atoms. The molecule has 4 amide bonds. The number of amides is 4. The van der Waals surface area contributed by atoms with Crippen molar-refractivity contribution in [3.05, 3.63) is 0 Å². The van der Waals surface area contributed by atoms with Crippen molar-refractivity contribution in [1.29, 1.82) is 0 Å². The van der Waals surface area contributed by atoms with Crippen molar-refractivity contribution in [2.75, 3.05) is 6.54 Å². The molecule has 5 atom stereocenters. The fraction of sp³-hybridized carbons (Fsp3) is 0.737. The number of rotatable bonds is 11. The quantitative estimate of drug-likeness (QED) is 0.203. The summed E-state index contributed by atoms with van der Waals surface area (Å²) >= 11 is 0. The third-order valence-corrected chi connectivity index (χ3v) is 5.19. The highest BCUT2D eigenvalue weighted by atomic mass is 16.4. The summed E-state index contributed by atoms with van der Waals surface area (Å²) in [6.07, 6.45) is -0.584. The van der Waals surface area contributed by atoms with E-state index in [1.54, 1.807) is 13.8 Å². The Balaban J connectivity index is 2.96. The number of carboxylic acids is 1. The van der Waals surface area contributed by atoms with Gasteiger partial charge in [0.15, 0.2) is 0 Å². The Bertz CT molecular complexity index is 697. The molecule has 176 valence electrons. The van der Waals surface area contributed by atoms with Crippen LogP contribution in [0.25, 0.3) is 0 Å². The summed E-state index contributed by atoms with van der Waals surface area (Å²) < 4.78 is 0. The minimum Gasteiger partial charge on any atom is -0.480 e. The maximum absolute atomic E-state index is 12.8. The summed E-state index contributed by atoms with van der Waals surface area (Å²) in [5, 5.41) is 23.7. The predicted molar refractivity (Wildman–Crippen MR) is 109 cm³/mol. The molecule has 8 N–H and O–H groups in total. The molecule has 0 bridgehead atoms. The molecule has 1 saturated heterocycles. The van der Waals surface area contributed by atoms with Gasteiger partial charge >= 0.3 is 5.97 Å². The first-order chi connectivity index (χ1) is 14.4. The number of primary amides is 1. The lowest BCUT2D eigenvalue weighted by Gasteiger charge is -2.29. The SMILES string of the molecule is CC(C)C(NC(=O)C(CCC(N)=O)NC(=O)C1CCCN1C(=O)C(N)C(C)O)C(=O)O. The van der Waals surface area contributed by atoms with Gasteiger partial charge in [-0.1, -0.05) is 13.8 Å².